The van der Waals surface area contributed by atoms with Crippen LogP contribution in [0.1, 0.15) is 6.42 Å². The van der Waals surface area contributed by atoms with Gasteiger partial charge in [-0.3, -0.25) is 4.90 Å². The highest BCUT2D eigenvalue weighted by Gasteiger charge is 2.29. The van der Waals surface area contributed by atoms with Gasteiger partial charge in [-0.05, 0) is 19.7 Å². The van der Waals surface area contributed by atoms with E-state index in [-0.39, 0.29) is 18.7 Å². The van der Waals surface area contributed by atoms with E-state index in [4.69, 9.17) is 5.11 Å². The fourth-order valence-corrected chi connectivity index (χ4v) is 1.62. The SMILES string of the molecule is COC(=O)NC1CC(CO)N(C)C1.CS. The van der Waals surface area contributed by atoms with Gasteiger partial charge in [0.2, 0.25) is 0 Å². The van der Waals surface area contributed by atoms with E-state index >= 15 is 0 Å². The Bertz CT molecular complexity index is 192. The van der Waals surface area contributed by atoms with Crippen molar-refractivity contribution in [2.24, 2.45) is 0 Å². The molecular formula is C9H20N2O3S. The first-order chi connectivity index (χ1) is 7.17. The molecule has 0 saturated carbocycles. The number of nitrogens with one attached hydrogen (secondary N) is 1. The quantitative estimate of drug-likeness (QED) is 0.589. The monoisotopic (exact) mass is 236 g/mol. The van der Waals surface area contributed by atoms with Crippen LogP contribution >= 0.6 is 12.6 Å². The van der Waals surface area contributed by atoms with Crippen molar-refractivity contribution in [1.82, 2.24) is 10.2 Å². The highest BCUT2D eigenvalue weighted by atomic mass is 32.1. The summed E-state index contributed by atoms with van der Waals surface area (Å²) in [5.74, 6) is 0. The summed E-state index contributed by atoms with van der Waals surface area (Å²) in [6, 6.07) is 0.247. The Morgan fingerprint density at radius 2 is 2.27 bits per heavy atom. The average molecular weight is 236 g/mol. The molecule has 1 saturated heterocycles. The molecule has 0 aliphatic carbocycles. The summed E-state index contributed by atoms with van der Waals surface area (Å²) in [7, 11) is 3.28. The molecule has 2 unspecified atom stereocenters. The van der Waals surface area contributed by atoms with Crippen molar-refractivity contribution in [3.63, 3.8) is 0 Å². The molecule has 6 heteroatoms. The Hall–Kier alpha value is -0.460. The van der Waals surface area contributed by atoms with Crippen molar-refractivity contribution in [2.75, 3.05) is 33.6 Å². The number of thiol groups is 1. The van der Waals surface area contributed by atoms with E-state index in [1.54, 1.807) is 6.26 Å². The van der Waals surface area contributed by atoms with E-state index < -0.39 is 6.09 Å². The van der Waals surface area contributed by atoms with Crippen LogP contribution in [0.3, 0.4) is 0 Å². The molecule has 1 rings (SSSR count). The van der Waals surface area contributed by atoms with E-state index in [1.807, 2.05) is 11.9 Å². The van der Waals surface area contributed by atoms with E-state index in [2.05, 4.69) is 22.7 Å². The van der Waals surface area contributed by atoms with Gasteiger partial charge in [-0.25, -0.2) is 4.79 Å². The summed E-state index contributed by atoms with van der Waals surface area (Å²) < 4.78 is 4.49. The first-order valence-corrected chi connectivity index (χ1v) is 5.67. The smallest absolute Gasteiger partial charge is 0.407 e. The maximum absolute atomic E-state index is 10.9. The Labute approximate surface area is 96.2 Å². The van der Waals surface area contributed by atoms with Gasteiger partial charge >= 0.3 is 6.09 Å². The molecular weight excluding hydrogens is 216 g/mol. The molecule has 0 aromatic heterocycles. The third-order valence-electron chi connectivity index (χ3n) is 2.41. The molecule has 1 heterocycles. The molecule has 0 spiro atoms. The Kier molecular flexibility index (Phi) is 7.54. The lowest BCUT2D eigenvalue weighted by Crippen LogP contribution is -2.36. The zero-order valence-electron chi connectivity index (χ0n) is 9.43. The maximum atomic E-state index is 10.9. The molecule has 1 fully saturated rings. The van der Waals surface area contributed by atoms with E-state index in [9.17, 15) is 4.79 Å². The third-order valence-corrected chi connectivity index (χ3v) is 2.41. The van der Waals surface area contributed by atoms with Gasteiger partial charge in [0.1, 0.15) is 0 Å². The van der Waals surface area contributed by atoms with Crippen LogP contribution in [0.15, 0.2) is 0 Å². The van der Waals surface area contributed by atoms with Crippen LogP contribution in [-0.2, 0) is 4.74 Å². The molecule has 2 atom stereocenters. The zero-order valence-corrected chi connectivity index (χ0v) is 10.3. The summed E-state index contributed by atoms with van der Waals surface area (Å²) in [4.78, 5) is 12.9. The fraction of sp³-hybridized carbons (Fsp3) is 0.889. The number of aliphatic hydroxyl groups is 1. The van der Waals surface area contributed by atoms with Crippen molar-refractivity contribution < 1.29 is 14.6 Å². The number of hydrogen-bond acceptors (Lipinski definition) is 5. The van der Waals surface area contributed by atoms with Gasteiger partial charge in [0.15, 0.2) is 0 Å². The molecule has 15 heavy (non-hydrogen) atoms. The van der Waals surface area contributed by atoms with Crippen LogP contribution < -0.4 is 5.32 Å². The van der Waals surface area contributed by atoms with Gasteiger partial charge in [0, 0.05) is 18.6 Å². The molecule has 5 nitrogen and oxygen atoms in total. The number of hydrogen-bond donors (Lipinski definition) is 3. The van der Waals surface area contributed by atoms with E-state index in [1.165, 1.54) is 7.11 Å². The van der Waals surface area contributed by atoms with Crippen molar-refractivity contribution in [2.45, 2.75) is 18.5 Å². The molecule has 1 aliphatic heterocycles. The van der Waals surface area contributed by atoms with Crippen LogP contribution in [0.25, 0.3) is 0 Å². The summed E-state index contributed by atoms with van der Waals surface area (Å²) in [6.45, 7) is 0.899. The fourth-order valence-electron chi connectivity index (χ4n) is 1.62. The lowest BCUT2D eigenvalue weighted by molar-refractivity contribution is 0.167. The van der Waals surface area contributed by atoms with Crippen LogP contribution in [-0.4, -0.2) is 61.7 Å². The first kappa shape index (κ1) is 14.5. The first-order valence-electron chi connectivity index (χ1n) is 4.77. The summed E-state index contributed by atoms with van der Waals surface area (Å²) in [5, 5.41) is 11.7. The van der Waals surface area contributed by atoms with Crippen molar-refractivity contribution in [1.29, 1.82) is 0 Å². The molecule has 0 bridgehead atoms. The highest BCUT2D eigenvalue weighted by molar-refractivity contribution is 7.79. The predicted molar refractivity (Wildman–Crippen MR) is 62.4 cm³/mol. The van der Waals surface area contributed by atoms with Crippen LogP contribution in [0.4, 0.5) is 4.79 Å². The van der Waals surface area contributed by atoms with Crippen molar-refractivity contribution in [3.05, 3.63) is 0 Å². The summed E-state index contributed by atoms with van der Waals surface area (Å²) in [5.41, 5.74) is 0. The second-order valence-corrected chi connectivity index (χ2v) is 3.34. The van der Waals surface area contributed by atoms with Gasteiger partial charge in [-0.15, -0.1) is 0 Å². The second kappa shape index (κ2) is 7.78. The maximum Gasteiger partial charge on any atom is 0.407 e. The summed E-state index contributed by atoms with van der Waals surface area (Å²) in [6.07, 6.45) is 2.07. The topological polar surface area (TPSA) is 61.8 Å². The molecule has 0 radical (unpaired) electrons. The van der Waals surface area contributed by atoms with Crippen molar-refractivity contribution >= 4 is 18.7 Å². The molecule has 1 amide bonds. The van der Waals surface area contributed by atoms with Gasteiger partial charge in [-0.2, -0.15) is 12.6 Å². The minimum absolute atomic E-state index is 0.0922. The van der Waals surface area contributed by atoms with E-state index in [0.29, 0.717) is 0 Å². The van der Waals surface area contributed by atoms with Gasteiger partial charge in [0.05, 0.1) is 13.7 Å². The number of ether oxygens (including phenoxy) is 1. The molecule has 2 N–H and O–H groups in total. The lowest BCUT2D eigenvalue weighted by Gasteiger charge is -2.14. The second-order valence-electron chi connectivity index (χ2n) is 3.34. The normalized spacial score (nSPS) is 25.4. The van der Waals surface area contributed by atoms with Gasteiger partial charge < -0.3 is 15.2 Å². The van der Waals surface area contributed by atoms with Crippen LogP contribution in [0.2, 0.25) is 0 Å². The number of aliphatic hydroxyl groups excluding tert-OH is 1. The number of amides is 1. The molecule has 0 aromatic carbocycles. The van der Waals surface area contributed by atoms with Gasteiger partial charge in [0.25, 0.3) is 0 Å². The highest BCUT2D eigenvalue weighted by Crippen LogP contribution is 2.14. The standard InChI is InChI=1S/C8H16N2O3.CH4S/c1-10-4-6(3-7(10)5-11)9-8(12)13-2;1-2/h6-7,11H,3-5H2,1-2H3,(H,9,12);2H,1H3. The van der Waals surface area contributed by atoms with Crippen LogP contribution in [0, 0.1) is 0 Å². The number of carbonyl (C=O) groups excluding carboxylic acids is 1. The molecule has 0 aromatic rings. The molecule has 1 aliphatic rings. The average Bonchev–Trinajstić information content (AvgIpc) is 2.61. The number of nitrogens with zero attached hydrogens (tertiary/aromatic N) is 1. The Morgan fingerprint density at radius 3 is 2.67 bits per heavy atom. The number of likely N-dealkylation sites (tertiary alicyclic amines) is 1. The minimum atomic E-state index is -0.406. The van der Waals surface area contributed by atoms with E-state index in [0.717, 1.165) is 13.0 Å². The Morgan fingerprint density at radius 1 is 1.67 bits per heavy atom. The van der Waals surface area contributed by atoms with Gasteiger partial charge in [-0.1, -0.05) is 0 Å². The van der Waals surface area contributed by atoms with Crippen molar-refractivity contribution in [3.8, 4) is 0 Å². The predicted octanol–water partition coefficient (Wildman–Crippen LogP) is -0.0466. The zero-order chi connectivity index (χ0) is 11.8. The number of methoxy groups -OCH3 is 1. The number of likely N-dealkylation sites (N-methyl/N-ethyl adjacent to an activating group) is 1. The van der Waals surface area contributed by atoms with Crippen LogP contribution in [0.5, 0.6) is 0 Å². The Balaban J connectivity index is 0.000000921. The molecule has 90 valence electrons. The largest absolute Gasteiger partial charge is 0.453 e. The minimum Gasteiger partial charge on any atom is -0.453 e. The number of alkyl carbamates (subject to hydrolysis) is 1. The lowest BCUT2D eigenvalue weighted by atomic mass is 10.2. The number of carbonyl (C=O) groups is 1. The summed E-state index contributed by atoms with van der Waals surface area (Å²) >= 11 is 3.53. The number of rotatable bonds is 2. The third kappa shape index (κ3) is 4.72.